The van der Waals surface area contributed by atoms with E-state index in [1.165, 1.54) is 0 Å². The molecule has 1 aliphatic rings. The lowest BCUT2D eigenvalue weighted by atomic mass is 9.85. The summed E-state index contributed by atoms with van der Waals surface area (Å²) in [6.07, 6.45) is 4.06. The fraction of sp³-hybridized carbons (Fsp3) is 0.923. The van der Waals surface area contributed by atoms with Gasteiger partial charge < -0.3 is 10.6 Å². The van der Waals surface area contributed by atoms with E-state index in [0.29, 0.717) is 0 Å². The van der Waals surface area contributed by atoms with Crippen molar-refractivity contribution in [3.8, 4) is 0 Å². The summed E-state index contributed by atoms with van der Waals surface area (Å²) in [6.45, 7) is 7.29. The van der Waals surface area contributed by atoms with Crippen LogP contribution in [0.1, 0.15) is 46.5 Å². The van der Waals surface area contributed by atoms with Gasteiger partial charge in [0.2, 0.25) is 5.91 Å². The summed E-state index contributed by atoms with van der Waals surface area (Å²) in [7, 11) is 1.91. The highest BCUT2D eigenvalue weighted by Crippen LogP contribution is 2.25. The molecule has 1 saturated carbocycles. The van der Waals surface area contributed by atoms with Crippen molar-refractivity contribution in [1.82, 2.24) is 4.90 Å². The Morgan fingerprint density at radius 1 is 1.35 bits per heavy atom. The highest BCUT2D eigenvalue weighted by molar-refractivity contribution is 5.85. The molecular formula is C13H27ClN2O. The molecule has 17 heavy (non-hydrogen) atoms. The van der Waals surface area contributed by atoms with Crippen molar-refractivity contribution in [1.29, 1.82) is 0 Å². The van der Waals surface area contributed by atoms with Crippen LogP contribution in [0, 0.1) is 11.3 Å². The lowest BCUT2D eigenvalue weighted by Gasteiger charge is -2.32. The topological polar surface area (TPSA) is 46.3 Å². The lowest BCUT2D eigenvalue weighted by Crippen LogP contribution is -2.41. The first-order valence-electron chi connectivity index (χ1n) is 6.30. The Labute approximate surface area is 112 Å². The number of carbonyl (C=O) groups is 1. The molecule has 1 rings (SSSR count). The van der Waals surface area contributed by atoms with Crippen molar-refractivity contribution in [2.45, 2.75) is 52.5 Å². The standard InChI is InChI=1S/C13H26N2O.ClH/c1-13(2,3)9-15(4)12(16)10-6-5-7-11(14)8-10;/h10-11H,5-9,14H2,1-4H3;1H. The Morgan fingerprint density at radius 2 is 1.94 bits per heavy atom. The van der Waals surface area contributed by atoms with Crippen LogP contribution in [0.25, 0.3) is 0 Å². The summed E-state index contributed by atoms with van der Waals surface area (Å²) in [6, 6.07) is 0.228. The predicted octanol–water partition coefficient (Wildman–Crippen LogP) is 2.43. The molecule has 4 heteroatoms. The highest BCUT2D eigenvalue weighted by atomic mass is 35.5. The molecule has 2 unspecified atom stereocenters. The number of nitrogens with zero attached hydrogens (tertiary/aromatic N) is 1. The van der Waals surface area contributed by atoms with Gasteiger partial charge in [-0.25, -0.2) is 0 Å². The van der Waals surface area contributed by atoms with Gasteiger partial charge >= 0.3 is 0 Å². The van der Waals surface area contributed by atoms with Crippen molar-refractivity contribution < 1.29 is 4.79 Å². The SMILES string of the molecule is CN(CC(C)(C)C)C(=O)C1CCCC(N)C1.Cl. The quantitative estimate of drug-likeness (QED) is 0.831. The van der Waals surface area contributed by atoms with Crippen LogP contribution in [-0.2, 0) is 4.79 Å². The van der Waals surface area contributed by atoms with Crippen LogP contribution in [-0.4, -0.2) is 30.4 Å². The largest absolute Gasteiger partial charge is 0.345 e. The zero-order chi connectivity index (χ0) is 12.3. The van der Waals surface area contributed by atoms with Gasteiger partial charge in [-0.05, 0) is 24.7 Å². The summed E-state index contributed by atoms with van der Waals surface area (Å²) in [5, 5.41) is 0. The Balaban J connectivity index is 0.00000256. The maximum absolute atomic E-state index is 12.2. The Hall–Kier alpha value is -0.280. The zero-order valence-corrected chi connectivity index (χ0v) is 12.3. The van der Waals surface area contributed by atoms with E-state index in [1.807, 2.05) is 11.9 Å². The van der Waals surface area contributed by atoms with Gasteiger partial charge in [-0.15, -0.1) is 12.4 Å². The Kier molecular flexibility index (Phi) is 6.49. The first-order chi connectivity index (χ1) is 7.29. The lowest BCUT2D eigenvalue weighted by molar-refractivity contribution is -0.136. The summed E-state index contributed by atoms with van der Waals surface area (Å²) in [5.74, 6) is 0.446. The second kappa shape index (κ2) is 6.60. The Bertz CT molecular complexity index is 250. The fourth-order valence-electron chi connectivity index (χ4n) is 2.55. The third kappa shape index (κ3) is 5.73. The zero-order valence-electron chi connectivity index (χ0n) is 11.5. The maximum Gasteiger partial charge on any atom is 0.225 e. The molecule has 0 radical (unpaired) electrons. The van der Waals surface area contributed by atoms with Crippen molar-refractivity contribution in [2.75, 3.05) is 13.6 Å². The molecule has 0 aliphatic heterocycles. The number of hydrogen-bond acceptors (Lipinski definition) is 2. The number of hydrogen-bond donors (Lipinski definition) is 1. The average molecular weight is 263 g/mol. The second-order valence-electron chi connectivity index (χ2n) is 6.38. The number of nitrogens with two attached hydrogens (primary N) is 1. The number of amides is 1. The minimum atomic E-state index is 0. The van der Waals surface area contributed by atoms with Crippen LogP contribution in [0.5, 0.6) is 0 Å². The normalized spacial score (nSPS) is 25.0. The van der Waals surface area contributed by atoms with Gasteiger partial charge in [0.25, 0.3) is 0 Å². The van der Waals surface area contributed by atoms with Gasteiger partial charge in [0.05, 0.1) is 0 Å². The Morgan fingerprint density at radius 3 is 2.41 bits per heavy atom. The maximum atomic E-state index is 12.2. The monoisotopic (exact) mass is 262 g/mol. The van der Waals surface area contributed by atoms with Crippen LogP contribution >= 0.6 is 12.4 Å². The molecule has 0 bridgehead atoms. The number of carbonyl (C=O) groups excluding carboxylic acids is 1. The van der Waals surface area contributed by atoms with Gasteiger partial charge in [0.1, 0.15) is 0 Å². The van der Waals surface area contributed by atoms with Gasteiger partial charge in [-0.1, -0.05) is 27.2 Å². The van der Waals surface area contributed by atoms with E-state index >= 15 is 0 Å². The summed E-state index contributed by atoms with van der Waals surface area (Å²) in [5.41, 5.74) is 6.09. The van der Waals surface area contributed by atoms with Crippen LogP contribution in [0.3, 0.4) is 0 Å². The summed E-state index contributed by atoms with van der Waals surface area (Å²) in [4.78, 5) is 14.1. The minimum absolute atomic E-state index is 0. The van der Waals surface area contributed by atoms with Crippen molar-refractivity contribution in [3.05, 3.63) is 0 Å². The third-order valence-corrected chi connectivity index (χ3v) is 3.15. The van der Waals surface area contributed by atoms with Gasteiger partial charge in [-0.2, -0.15) is 0 Å². The van der Waals surface area contributed by atoms with Crippen LogP contribution in [0.2, 0.25) is 0 Å². The molecule has 0 aromatic heterocycles. The van der Waals surface area contributed by atoms with E-state index in [9.17, 15) is 4.79 Å². The van der Waals surface area contributed by atoms with Crippen molar-refractivity contribution in [2.24, 2.45) is 17.1 Å². The van der Waals surface area contributed by atoms with E-state index in [0.717, 1.165) is 32.2 Å². The smallest absolute Gasteiger partial charge is 0.225 e. The van der Waals surface area contributed by atoms with Crippen molar-refractivity contribution in [3.63, 3.8) is 0 Å². The summed E-state index contributed by atoms with van der Waals surface area (Å²) >= 11 is 0. The van der Waals surface area contributed by atoms with E-state index in [1.54, 1.807) is 0 Å². The van der Waals surface area contributed by atoms with E-state index in [-0.39, 0.29) is 35.7 Å². The third-order valence-electron chi connectivity index (χ3n) is 3.15. The fourth-order valence-corrected chi connectivity index (χ4v) is 2.55. The minimum Gasteiger partial charge on any atom is -0.345 e. The number of halogens is 1. The molecule has 0 saturated heterocycles. The summed E-state index contributed by atoms with van der Waals surface area (Å²) < 4.78 is 0. The van der Waals surface area contributed by atoms with E-state index in [2.05, 4.69) is 20.8 Å². The predicted molar refractivity (Wildman–Crippen MR) is 74.3 cm³/mol. The molecule has 2 atom stereocenters. The van der Waals surface area contributed by atoms with Crippen molar-refractivity contribution >= 4 is 18.3 Å². The van der Waals surface area contributed by atoms with Crippen LogP contribution < -0.4 is 5.73 Å². The molecular weight excluding hydrogens is 236 g/mol. The van der Waals surface area contributed by atoms with Gasteiger partial charge in [0.15, 0.2) is 0 Å². The average Bonchev–Trinajstić information content (AvgIpc) is 2.14. The van der Waals surface area contributed by atoms with E-state index in [4.69, 9.17) is 5.73 Å². The van der Waals surface area contributed by atoms with E-state index < -0.39 is 0 Å². The molecule has 102 valence electrons. The van der Waals surface area contributed by atoms with Gasteiger partial charge in [0, 0.05) is 25.6 Å². The first kappa shape index (κ1) is 16.7. The molecule has 3 nitrogen and oxygen atoms in total. The molecule has 1 aliphatic carbocycles. The highest BCUT2D eigenvalue weighted by Gasteiger charge is 2.28. The molecule has 0 aromatic carbocycles. The van der Waals surface area contributed by atoms with Gasteiger partial charge in [-0.3, -0.25) is 4.79 Å². The molecule has 0 aromatic rings. The van der Waals surface area contributed by atoms with Crippen LogP contribution in [0.4, 0.5) is 0 Å². The number of rotatable bonds is 2. The molecule has 1 fully saturated rings. The molecule has 1 amide bonds. The molecule has 0 spiro atoms. The molecule has 0 heterocycles. The van der Waals surface area contributed by atoms with Crippen LogP contribution in [0.15, 0.2) is 0 Å². The second-order valence-corrected chi connectivity index (χ2v) is 6.38. The first-order valence-corrected chi connectivity index (χ1v) is 6.30. The molecule has 2 N–H and O–H groups in total.